The van der Waals surface area contributed by atoms with Crippen LogP contribution in [0.4, 0.5) is 0 Å². The zero-order chi connectivity index (χ0) is 50.0. The monoisotopic (exact) mass is 965 g/mol. The van der Waals surface area contributed by atoms with Crippen LogP contribution < -0.4 is 0 Å². The van der Waals surface area contributed by atoms with Crippen LogP contribution in [0, 0.1) is 0 Å². The van der Waals surface area contributed by atoms with Crippen LogP contribution in [0.3, 0.4) is 0 Å². The molecule has 0 N–H and O–H groups in total. The summed E-state index contributed by atoms with van der Waals surface area (Å²) in [5, 5.41) is 0. The van der Waals surface area contributed by atoms with E-state index < -0.39 is 6.10 Å². The summed E-state index contributed by atoms with van der Waals surface area (Å²) in [5.41, 5.74) is 0. The zero-order valence-electron chi connectivity index (χ0n) is 45.8. The molecule has 0 aromatic carbocycles. The van der Waals surface area contributed by atoms with Gasteiger partial charge in [-0.2, -0.15) is 0 Å². The normalized spacial score (nSPS) is 12.4. The summed E-state index contributed by atoms with van der Waals surface area (Å²) in [4.78, 5) is 38.0. The molecule has 0 aliphatic heterocycles. The molecule has 1 unspecified atom stereocenters. The third-order valence-corrected chi connectivity index (χ3v) is 13.0. The van der Waals surface area contributed by atoms with E-state index in [0.717, 1.165) is 89.9 Å². The molecule has 0 spiro atoms. The van der Waals surface area contributed by atoms with E-state index in [1.807, 2.05) is 0 Å². The second-order valence-corrected chi connectivity index (χ2v) is 19.9. The van der Waals surface area contributed by atoms with E-state index in [0.29, 0.717) is 19.3 Å². The molecule has 1 atom stereocenters. The summed E-state index contributed by atoms with van der Waals surface area (Å²) >= 11 is 0. The van der Waals surface area contributed by atoms with Gasteiger partial charge in [-0.1, -0.05) is 281 Å². The van der Waals surface area contributed by atoms with Crippen LogP contribution in [0.5, 0.6) is 0 Å². The molecular formula is C63H112O6. The Balaban J connectivity index is 4.11. The second-order valence-electron chi connectivity index (χ2n) is 19.9. The highest BCUT2D eigenvalue weighted by Gasteiger charge is 2.19. The molecule has 400 valence electrons. The maximum Gasteiger partial charge on any atom is 0.306 e. The quantitative estimate of drug-likeness (QED) is 0.0262. The van der Waals surface area contributed by atoms with Crippen molar-refractivity contribution in [1.29, 1.82) is 0 Å². The van der Waals surface area contributed by atoms with Gasteiger partial charge in [-0.15, -0.1) is 0 Å². The second kappa shape index (κ2) is 57.7. The SMILES string of the molecule is CC/C=C\C/C=C\C/C=C\C/C=C\C/C=C\CCCCCCCCCCCCCCCC(=O)OCC(COC(=O)CCCCCCCCCCC)OC(=O)CCCCCCCCCCCCCCC. The summed E-state index contributed by atoms with van der Waals surface area (Å²) in [7, 11) is 0. The highest BCUT2D eigenvalue weighted by atomic mass is 16.6. The van der Waals surface area contributed by atoms with Gasteiger partial charge in [0.1, 0.15) is 13.2 Å². The van der Waals surface area contributed by atoms with Gasteiger partial charge in [0.05, 0.1) is 0 Å². The Kier molecular flexibility index (Phi) is 55.3. The van der Waals surface area contributed by atoms with Crippen LogP contribution in [0.1, 0.15) is 303 Å². The molecule has 0 fully saturated rings. The fourth-order valence-corrected chi connectivity index (χ4v) is 8.59. The molecule has 0 aliphatic carbocycles. The van der Waals surface area contributed by atoms with Crippen LogP contribution in [-0.2, 0) is 28.6 Å². The summed E-state index contributed by atoms with van der Waals surface area (Å²) < 4.78 is 16.8. The summed E-state index contributed by atoms with van der Waals surface area (Å²) in [6.45, 7) is 6.53. The summed E-state index contributed by atoms with van der Waals surface area (Å²) in [6.07, 6.45) is 72.3. The van der Waals surface area contributed by atoms with Crippen molar-refractivity contribution in [2.24, 2.45) is 0 Å². The molecule has 0 aliphatic rings. The number of rotatable bonds is 54. The Morgan fingerprint density at radius 1 is 0.304 bits per heavy atom. The highest BCUT2D eigenvalue weighted by molar-refractivity contribution is 5.71. The molecular weight excluding hydrogens is 853 g/mol. The maximum atomic E-state index is 12.8. The van der Waals surface area contributed by atoms with Crippen molar-refractivity contribution in [3.63, 3.8) is 0 Å². The number of allylic oxidation sites excluding steroid dienone is 10. The van der Waals surface area contributed by atoms with Crippen LogP contribution in [0.2, 0.25) is 0 Å². The van der Waals surface area contributed by atoms with Crippen molar-refractivity contribution < 1.29 is 28.6 Å². The predicted molar refractivity (Wildman–Crippen MR) is 298 cm³/mol. The number of esters is 3. The van der Waals surface area contributed by atoms with Crippen LogP contribution in [0.25, 0.3) is 0 Å². The van der Waals surface area contributed by atoms with Gasteiger partial charge >= 0.3 is 17.9 Å². The molecule has 6 nitrogen and oxygen atoms in total. The van der Waals surface area contributed by atoms with Gasteiger partial charge in [-0.05, 0) is 64.2 Å². The Labute approximate surface area is 428 Å². The third-order valence-electron chi connectivity index (χ3n) is 13.0. The van der Waals surface area contributed by atoms with E-state index in [2.05, 4.69) is 81.5 Å². The molecule has 6 heteroatoms. The van der Waals surface area contributed by atoms with Crippen molar-refractivity contribution in [1.82, 2.24) is 0 Å². The molecule has 0 bridgehead atoms. The van der Waals surface area contributed by atoms with Crippen molar-refractivity contribution in [3.8, 4) is 0 Å². The van der Waals surface area contributed by atoms with E-state index in [-0.39, 0.29) is 31.1 Å². The largest absolute Gasteiger partial charge is 0.462 e. The minimum absolute atomic E-state index is 0.0691. The fraction of sp³-hybridized carbons (Fsp3) is 0.794. The van der Waals surface area contributed by atoms with E-state index >= 15 is 0 Å². The average molecular weight is 966 g/mol. The van der Waals surface area contributed by atoms with E-state index in [1.54, 1.807) is 0 Å². The molecule has 0 aromatic heterocycles. The highest BCUT2D eigenvalue weighted by Crippen LogP contribution is 2.17. The van der Waals surface area contributed by atoms with Gasteiger partial charge in [0.25, 0.3) is 0 Å². The van der Waals surface area contributed by atoms with Crippen molar-refractivity contribution in [3.05, 3.63) is 60.8 Å². The van der Waals surface area contributed by atoms with Crippen LogP contribution in [-0.4, -0.2) is 37.2 Å². The van der Waals surface area contributed by atoms with Gasteiger partial charge in [0.15, 0.2) is 6.10 Å². The Hall–Kier alpha value is -2.89. The Morgan fingerprint density at radius 3 is 0.884 bits per heavy atom. The molecule has 0 radical (unpaired) electrons. The summed E-state index contributed by atoms with van der Waals surface area (Å²) in [6, 6.07) is 0. The molecule has 0 aromatic rings. The lowest BCUT2D eigenvalue weighted by Gasteiger charge is -2.18. The van der Waals surface area contributed by atoms with Gasteiger partial charge in [0.2, 0.25) is 0 Å². The molecule has 0 heterocycles. The van der Waals surface area contributed by atoms with Crippen LogP contribution >= 0.6 is 0 Å². The van der Waals surface area contributed by atoms with E-state index in [1.165, 1.54) is 173 Å². The predicted octanol–water partition coefficient (Wildman–Crippen LogP) is 20.0. The van der Waals surface area contributed by atoms with Gasteiger partial charge < -0.3 is 14.2 Å². The number of carbonyl (C=O) groups is 3. The third kappa shape index (κ3) is 55.9. The molecule has 69 heavy (non-hydrogen) atoms. The lowest BCUT2D eigenvalue weighted by Crippen LogP contribution is -2.30. The Morgan fingerprint density at radius 2 is 0.565 bits per heavy atom. The van der Waals surface area contributed by atoms with Crippen LogP contribution in [0.15, 0.2) is 60.8 Å². The average Bonchev–Trinajstić information content (AvgIpc) is 3.35. The molecule has 0 saturated heterocycles. The number of ether oxygens (including phenoxy) is 3. The van der Waals surface area contributed by atoms with Crippen molar-refractivity contribution in [2.75, 3.05) is 13.2 Å². The van der Waals surface area contributed by atoms with E-state index in [4.69, 9.17) is 14.2 Å². The first kappa shape index (κ1) is 66.1. The number of hydrogen-bond donors (Lipinski definition) is 0. The molecule has 0 amide bonds. The Bertz CT molecular complexity index is 1250. The van der Waals surface area contributed by atoms with Crippen molar-refractivity contribution in [2.45, 2.75) is 309 Å². The van der Waals surface area contributed by atoms with E-state index in [9.17, 15) is 14.4 Å². The molecule has 0 rings (SSSR count). The first-order valence-corrected chi connectivity index (χ1v) is 29.8. The van der Waals surface area contributed by atoms with Crippen molar-refractivity contribution >= 4 is 17.9 Å². The lowest BCUT2D eigenvalue weighted by atomic mass is 10.0. The van der Waals surface area contributed by atoms with Gasteiger partial charge in [-0.25, -0.2) is 0 Å². The standard InChI is InChI=1S/C63H112O6/c1-4-7-10-13-16-19-21-23-24-25-26-27-28-29-30-31-32-33-34-35-36-37-38-40-41-44-47-50-53-56-62(65)68-59-60(58-67-61(64)55-52-49-46-43-18-15-12-9-6-3)69-63(66)57-54-51-48-45-42-39-22-20-17-14-11-8-5-2/h7,10,16,19,23-24,26-27,29-30,60H,4-6,8-9,11-15,17-18,20-22,25,28,31-59H2,1-3H3/b10-7-,19-16-,24-23-,27-26-,30-29-. The number of unbranched alkanes of at least 4 members (excludes halogenated alkanes) is 33. The topological polar surface area (TPSA) is 78.9 Å². The van der Waals surface area contributed by atoms with Gasteiger partial charge in [-0.3, -0.25) is 14.4 Å². The number of hydrogen-bond acceptors (Lipinski definition) is 6. The fourth-order valence-electron chi connectivity index (χ4n) is 8.59. The summed E-state index contributed by atoms with van der Waals surface area (Å²) in [5.74, 6) is -0.859. The zero-order valence-corrected chi connectivity index (χ0v) is 45.8. The lowest BCUT2D eigenvalue weighted by molar-refractivity contribution is -0.167. The first-order valence-electron chi connectivity index (χ1n) is 29.8. The minimum atomic E-state index is -0.768. The number of carbonyl (C=O) groups excluding carboxylic acids is 3. The molecule has 0 saturated carbocycles. The maximum absolute atomic E-state index is 12.8. The first-order chi connectivity index (χ1) is 34.0. The van der Waals surface area contributed by atoms with Gasteiger partial charge in [0, 0.05) is 19.3 Å². The minimum Gasteiger partial charge on any atom is -0.462 e. The smallest absolute Gasteiger partial charge is 0.306 e.